The fourth-order valence-electron chi connectivity index (χ4n) is 2.70. The molecule has 1 saturated carbocycles. The predicted octanol–water partition coefficient (Wildman–Crippen LogP) is 4.45. The van der Waals surface area contributed by atoms with Crippen molar-refractivity contribution in [2.45, 2.75) is 32.6 Å². The minimum atomic E-state index is -1.21. The van der Waals surface area contributed by atoms with Gasteiger partial charge in [0.05, 0.1) is 5.69 Å². The van der Waals surface area contributed by atoms with Gasteiger partial charge in [-0.05, 0) is 60.7 Å². The third kappa shape index (κ3) is 3.59. The topological polar surface area (TPSA) is 58.2 Å². The molecule has 26 heavy (non-hydrogen) atoms. The number of amides is 2. The Balaban J connectivity index is 1.70. The van der Waals surface area contributed by atoms with Crippen LogP contribution < -0.4 is 10.6 Å². The normalized spacial score (nSPS) is 14.8. The minimum absolute atomic E-state index is 0.0558. The highest BCUT2D eigenvalue weighted by molar-refractivity contribution is 6.16. The van der Waals surface area contributed by atoms with Crippen LogP contribution >= 0.6 is 0 Å². The molecular formula is C20H20F2N2O2. The van der Waals surface area contributed by atoms with E-state index in [1.54, 1.807) is 6.07 Å². The first-order valence-electron chi connectivity index (χ1n) is 8.50. The summed E-state index contributed by atoms with van der Waals surface area (Å²) in [6.45, 7) is 3.90. The Morgan fingerprint density at radius 1 is 0.962 bits per heavy atom. The zero-order chi connectivity index (χ0) is 18.9. The summed E-state index contributed by atoms with van der Waals surface area (Å²) in [6.07, 6.45) is 0.773. The number of halogens is 2. The lowest BCUT2D eigenvalue weighted by Crippen LogP contribution is -2.35. The zero-order valence-electron chi connectivity index (χ0n) is 14.6. The molecule has 136 valence electrons. The summed E-state index contributed by atoms with van der Waals surface area (Å²) < 4.78 is 27.2. The molecule has 0 aromatic heterocycles. The average Bonchev–Trinajstić information content (AvgIpc) is 3.40. The van der Waals surface area contributed by atoms with Gasteiger partial charge in [-0.2, -0.15) is 0 Å². The van der Waals surface area contributed by atoms with E-state index in [-0.39, 0.29) is 11.6 Å². The van der Waals surface area contributed by atoms with Crippen LogP contribution in [-0.4, -0.2) is 11.8 Å². The van der Waals surface area contributed by atoms with Crippen LogP contribution in [0.25, 0.3) is 0 Å². The fraction of sp³-hybridized carbons (Fsp3) is 0.300. The highest BCUT2D eigenvalue weighted by Crippen LogP contribution is 2.47. The third-order valence-electron chi connectivity index (χ3n) is 4.63. The molecule has 2 aromatic carbocycles. The van der Waals surface area contributed by atoms with Crippen molar-refractivity contribution >= 4 is 23.2 Å². The molecule has 0 bridgehead atoms. The van der Waals surface area contributed by atoms with Crippen LogP contribution in [0.4, 0.5) is 20.2 Å². The van der Waals surface area contributed by atoms with Crippen molar-refractivity contribution in [1.29, 1.82) is 0 Å². The van der Waals surface area contributed by atoms with Crippen molar-refractivity contribution in [3.05, 3.63) is 59.7 Å². The average molecular weight is 358 g/mol. The van der Waals surface area contributed by atoms with Gasteiger partial charge >= 0.3 is 0 Å². The molecule has 0 atom stereocenters. The lowest BCUT2D eigenvalue weighted by Gasteiger charge is -2.16. The summed E-state index contributed by atoms with van der Waals surface area (Å²) >= 11 is 0. The Labute approximate surface area is 150 Å². The quantitative estimate of drug-likeness (QED) is 0.776. The van der Waals surface area contributed by atoms with Gasteiger partial charge in [0.15, 0.2) is 0 Å². The molecule has 2 amide bonds. The molecule has 0 radical (unpaired) electrons. The van der Waals surface area contributed by atoms with Crippen molar-refractivity contribution in [2.75, 3.05) is 10.6 Å². The van der Waals surface area contributed by atoms with E-state index in [1.807, 2.05) is 13.8 Å². The Kier molecular flexibility index (Phi) is 4.76. The maximum Gasteiger partial charge on any atom is 0.240 e. The number of hydrogen-bond donors (Lipinski definition) is 2. The second-order valence-electron chi connectivity index (χ2n) is 6.89. The maximum absolute atomic E-state index is 14.2. The van der Waals surface area contributed by atoms with E-state index in [4.69, 9.17) is 0 Å². The van der Waals surface area contributed by atoms with Crippen molar-refractivity contribution in [3.8, 4) is 0 Å². The predicted molar refractivity (Wildman–Crippen MR) is 95.8 cm³/mol. The van der Waals surface area contributed by atoms with Crippen molar-refractivity contribution < 1.29 is 18.4 Å². The molecule has 0 aliphatic heterocycles. The monoisotopic (exact) mass is 358 g/mol. The first kappa shape index (κ1) is 18.0. The van der Waals surface area contributed by atoms with E-state index in [9.17, 15) is 18.4 Å². The first-order valence-corrected chi connectivity index (χ1v) is 8.50. The van der Waals surface area contributed by atoms with Crippen LogP contribution in [0, 0.1) is 17.0 Å². The molecule has 1 aliphatic carbocycles. The van der Waals surface area contributed by atoms with Crippen molar-refractivity contribution in [3.63, 3.8) is 0 Å². The van der Waals surface area contributed by atoms with Crippen molar-refractivity contribution in [1.82, 2.24) is 0 Å². The van der Waals surface area contributed by atoms with Crippen LogP contribution in [0.15, 0.2) is 42.5 Å². The summed E-state index contributed by atoms with van der Waals surface area (Å²) in [5, 5.41) is 5.14. The molecule has 0 spiro atoms. The molecule has 6 heteroatoms. The molecule has 0 unspecified atom stereocenters. The van der Waals surface area contributed by atoms with Crippen LogP contribution in [0.1, 0.15) is 38.2 Å². The number of benzene rings is 2. The van der Waals surface area contributed by atoms with E-state index >= 15 is 0 Å². The van der Waals surface area contributed by atoms with Crippen LogP contribution in [0.3, 0.4) is 0 Å². The fourth-order valence-corrected chi connectivity index (χ4v) is 2.70. The van der Waals surface area contributed by atoms with E-state index in [2.05, 4.69) is 10.6 Å². The summed E-state index contributed by atoms with van der Waals surface area (Å²) in [4.78, 5) is 25.0. The minimum Gasteiger partial charge on any atom is -0.325 e. The van der Waals surface area contributed by atoms with Gasteiger partial charge in [0.2, 0.25) is 11.8 Å². The Bertz CT molecular complexity index is 843. The zero-order valence-corrected chi connectivity index (χ0v) is 14.6. The number of anilines is 2. The SMILES string of the molecule is CC(C)c1ccc(NC(=O)C2(C(=O)Nc3ccc(F)cc3)CC2)c(F)c1. The number of nitrogens with one attached hydrogen (secondary N) is 2. The Morgan fingerprint density at radius 3 is 2.12 bits per heavy atom. The molecule has 1 fully saturated rings. The summed E-state index contributed by atoms with van der Waals surface area (Å²) in [5.41, 5.74) is 0.0799. The van der Waals surface area contributed by atoms with Gasteiger partial charge in [-0.15, -0.1) is 0 Å². The second kappa shape index (κ2) is 6.86. The third-order valence-corrected chi connectivity index (χ3v) is 4.63. The van der Waals surface area contributed by atoms with Crippen LogP contribution in [0.2, 0.25) is 0 Å². The van der Waals surface area contributed by atoms with Crippen LogP contribution in [0.5, 0.6) is 0 Å². The van der Waals surface area contributed by atoms with Gasteiger partial charge < -0.3 is 10.6 Å². The molecule has 0 heterocycles. The Hall–Kier alpha value is -2.76. The highest BCUT2D eigenvalue weighted by atomic mass is 19.1. The van der Waals surface area contributed by atoms with E-state index in [0.717, 1.165) is 5.56 Å². The number of carbonyl (C=O) groups excluding carboxylic acids is 2. The molecular weight excluding hydrogens is 338 g/mol. The van der Waals surface area contributed by atoms with E-state index < -0.39 is 28.9 Å². The van der Waals surface area contributed by atoms with E-state index in [0.29, 0.717) is 18.5 Å². The molecule has 3 rings (SSSR count). The molecule has 2 N–H and O–H groups in total. The number of rotatable bonds is 5. The molecule has 4 nitrogen and oxygen atoms in total. The van der Waals surface area contributed by atoms with Gasteiger partial charge in [-0.1, -0.05) is 19.9 Å². The smallest absolute Gasteiger partial charge is 0.240 e. The summed E-state index contributed by atoms with van der Waals surface area (Å²) in [6, 6.07) is 9.94. The largest absolute Gasteiger partial charge is 0.325 e. The highest BCUT2D eigenvalue weighted by Gasteiger charge is 2.56. The lowest BCUT2D eigenvalue weighted by atomic mass is 10.0. The molecule has 2 aromatic rings. The van der Waals surface area contributed by atoms with Crippen LogP contribution in [-0.2, 0) is 9.59 Å². The first-order chi connectivity index (χ1) is 12.3. The van der Waals surface area contributed by atoms with E-state index in [1.165, 1.54) is 36.4 Å². The molecule has 0 saturated heterocycles. The van der Waals surface area contributed by atoms with Gasteiger partial charge in [0.25, 0.3) is 0 Å². The molecule has 1 aliphatic rings. The standard InChI is InChI=1S/C20H20F2N2O2/c1-12(2)13-3-8-17(16(22)11-13)24-19(26)20(9-10-20)18(25)23-15-6-4-14(21)5-7-15/h3-8,11-12H,9-10H2,1-2H3,(H,23,25)(H,24,26). The lowest BCUT2D eigenvalue weighted by molar-refractivity contribution is -0.131. The van der Waals surface area contributed by atoms with Gasteiger partial charge in [-0.3, -0.25) is 9.59 Å². The summed E-state index contributed by atoms with van der Waals surface area (Å²) in [5.74, 6) is -1.78. The van der Waals surface area contributed by atoms with Gasteiger partial charge in [0.1, 0.15) is 17.0 Å². The second-order valence-corrected chi connectivity index (χ2v) is 6.89. The number of hydrogen-bond acceptors (Lipinski definition) is 2. The Morgan fingerprint density at radius 2 is 1.58 bits per heavy atom. The maximum atomic E-state index is 14.2. The van der Waals surface area contributed by atoms with Crippen molar-refractivity contribution in [2.24, 2.45) is 5.41 Å². The van der Waals surface area contributed by atoms with Gasteiger partial charge in [-0.25, -0.2) is 8.78 Å². The van der Waals surface area contributed by atoms with Gasteiger partial charge in [0, 0.05) is 5.69 Å². The number of carbonyl (C=O) groups is 2. The summed E-state index contributed by atoms with van der Waals surface area (Å²) in [7, 11) is 0.